The van der Waals surface area contributed by atoms with Crippen LogP contribution in [0.25, 0.3) is 0 Å². The molecule has 4 nitrogen and oxygen atoms in total. The number of amides is 1. The summed E-state index contributed by atoms with van der Waals surface area (Å²) in [5.41, 5.74) is 1.23. The van der Waals surface area contributed by atoms with Crippen LogP contribution >= 0.6 is 0 Å². The number of carbonyl (C=O) groups excluding carboxylic acids is 1. The molecule has 1 aromatic rings. The van der Waals surface area contributed by atoms with Gasteiger partial charge in [0.05, 0.1) is 6.04 Å². The van der Waals surface area contributed by atoms with E-state index in [4.69, 9.17) is 4.74 Å². The molecule has 0 aliphatic rings. The van der Waals surface area contributed by atoms with Crippen LogP contribution in [-0.4, -0.2) is 44.2 Å². The van der Waals surface area contributed by atoms with Crippen molar-refractivity contribution in [2.45, 2.75) is 19.9 Å². The Morgan fingerprint density at radius 2 is 1.89 bits per heavy atom. The summed E-state index contributed by atoms with van der Waals surface area (Å²) in [6, 6.07) is 10.5. The highest BCUT2D eigenvalue weighted by Crippen LogP contribution is 2.19. The maximum absolute atomic E-state index is 11.5. The SMILES string of the molecule is CCN(CC)C(CNC(=O)COC)c1ccccc1. The van der Waals surface area contributed by atoms with E-state index in [1.54, 1.807) is 0 Å². The van der Waals surface area contributed by atoms with Gasteiger partial charge in [-0.3, -0.25) is 9.69 Å². The zero-order valence-corrected chi connectivity index (χ0v) is 12.1. The van der Waals surface area contributed by atoms with E-state index in [-0.39, 0.29) is 18.6 Å². The van der Waals surface area contributed by atoms with Gasteiger partial charge in [-0.2, -0.15) is 0 Å². The van der Waals surface area contributed by atoms with Crippen molar-refractivity contribution in [2.24, 2.45) is 0 Å². The minimum absolute atomic E-state index is 0.0735. The van der Waals surface area contributed by atoms with Crippen LogP contribution in [0.1, 0.15) is 25.5 Å². The molecular formula is C15H24N2O2. The van der Waals surface area contributed by atoms with E-state index < -0.39 is 0 Å². The van der Waals surface area contributed by atoms with Gasteiger partial charge in [0.15, 0.2) is 0 Å². The molecule has 1 aromatic carbocycles. The second-order valence-electron chi connectivity index (χ2n) is 4.38. The molecule has 0 aliphatic carbocycles. The number of hydrogen-bond donors (Lipinski definition) is 1. The van der Waals surface area contributed by atoms with Crippen LogP contribution in [0.15, 0.2) is 30.3 Å². The molecule has 19 heavy (non-hydrogen) atoms. The third-order valence-corrected chi connectivity index (χ3v) is 3.21. The smallest absolute Gasteiger partial charge is 0.246 e. The monoisotopic (exact) mass is 264 g/mol. The molecule has 1 N–H and O–H groups in total. The average Bonchev–Trinajstić information content (AvgIpc) is 2.44. The molecule has 0 aliphatic heterocycles. The molecule has 106 valence electrons. The molecule has 0 fully saturated rings. The minimum atomic E-state index is -0.0735. The lowest BCUT2D eigenvalue weighted by molar-refractivity contribution is -0.125. The molecule has 1 amide bonds. The van der Waals surface area contributed by atoms with Crippen LogP contribution in [0.3, 0.4) is 0 Å². The summed E-state index contributed by atoms with van der Waals surface area (Å²) < 4.78 is 4.83. The number of nitrogens with zero attached hydrogens (tertiary/aromatic N) is 1. The van der Waals surface area contributed by atoms with Crippen LogP contribution in [-0.2, 0) is 9.53 Å². The summed E-state index contributed by atoms with van der Waals surface area (Å²) in [5.74, 6) is -0.0735. The van der Waals surface area contributed by atoms with E-state index in [1.807, 2.05) is 18.2 Å². The molecule has 4 heteroatoms. The molecule has 0 radical (unpaired) electrons. The number of likely N-dealkylation sites (N-methyl/N-ethyl adjacent to an activating group) is 1. The number of hydrogen-bond acceptors (Lipinski definition) is 3. The standard InChI is InChI=1S/C15H24N2O2/c1-4-17(5-2)14(11-16-15(18)12-19-3)13-9-7-6-8-10-13/h6-10,14H,4-5,11-12H2,1-3H3,(H,16,18). The van der Waals surface area contributed by atoms with E-state index in [0.717, 1.165) is 13.1 Å². The lowest BCUT2D eigenvalue weighted by Gasteiger charge is -2.30. The van der Waals surface area contributed by atoms with E-state index in [9.17, 15) is 4.79 Å². The van der Waals surface area contributed by atoms with Gasteiger partial charge in [-0.25, -0.2) is 0 Å². The Morgan fingerprint density at radius 3 is 2.42 bits per heavy atom. The van der Waals surface area contributed by atoms with Crippen LogP contribution in [0.4, 0.5) is 0 Å². The first-order valence-corrected chi connectivity index (χ1v) is 6.77. The molecule has 0 spiro atoms. The number of benzene rings is 1. The van der Waals surface area contributed by atoms with Gasteiger partial charge in [0.1, 0.15) is 6.61 Å². The van der Waals surface area contributed by atoms with E-state index in [1.165, 1.54) is 12.7 Å². The Hall–Kier alpha value is -1.39. The third kappa shape index (κ3) is 5.01. The first kappa shape index (κ1) is 15.7. The molecule has 0 bridgehead atoms. The predicted molar refractivity (Wildman–Crippen MR) is 77.0 cm³/mol. The fourth-order valence-corrected chi connectivity index (χ4v) is 2.19. The average molecular weight is 264 g/mol. The molecule has 1 rings (SSSR count). The summed E-state index contributed by atoms with van der Waals surface area (Å²) >= 11 is 0. The van der Waals surface area contributed by atoms with Gasteiger partial charge >= 0.3 is 0 Å². The fraction of sp³-hybridized carbons (Fsp3) is 0.533. The highest BCUT2D eigenvalue weighted by Gasteiger charge is 2.18. The Balaban J connectivity index is 2.73. The topological polar surface area (TPSA) is 41.6 Å². The number of methoxy groups -OCH3 is 1. The van der Waals surface area contributed by atoms with E-state index in [0.29, 0.717) is 6.54 Å². The van der Waals surface area contributed by atoms with Crippen molar-refractivity contribution in [3.63, 3.8) is 0 Å². The van der Waals surface area contributed by atoms with Gasteiger partial charge < -0.3 is 10.1 Å². The summed E-state index contributed by atoms with van der Waals surface area (Å²) in [6.45, 7) is 6.90. The highest BCUT2D eigenvalue weighted by molar-refractivity contribution is 5.77. The molecular weight excluding hydrogens is 240 g/mol. The van der Waals surface area contributed by atoms with Crippen molar-refractivity contribution in [3.8, 4) is 0 Å². The largest absolute Gasteiger partial charge is 0.375 e. The Kier molecular flexibility index (Phi) is 7.15. The highest BCUT2D eigenvalue weighted by atomic mass is 16.5. The van der Waals surface area contributed by atoms with E-state index >= 15 is 0 Å². The summed E-state index contributed by atoms with van der Waals surface area (Å²) in [6.07, 6.45) is 0. The number of ether oxygens (including phenoxy) is 1. The van der Waals surface area contributed by atoms with Crippen molar-refractivity contribution >= 4 is 5.91 Å². The van der Waals surface area contributed by atoms with Crippen molar-refractivity contribution in [1.82, 2.24) is 10.2 Å². The molecule has 1 unspecified atom stereocenters. The normalized spacial score (nSPS) is 12.4. The Labute approximate surface area is 115 Å². The number of carbonyl (C=O) groups is 1. The summed E-state index contributed by atoms with van der Waals surface area (Å²) in [7, 11) is 1.53. The van der Waals surface area contributed by atoms with Crippen LogP contribution in [0.5, 0.6) is 0 Å². The van der Waals surface area contributed by atoms with Gasteiger partial charge in [0.2, 0.25) is 5.91 Å². The van der Waals surface area contributed by atoms with Gasteiger partial charge in [0, 0.05) is 13.7 Å². The van der Waals surface area contributed by atoms with Gasteiger partial charge in [0.25, 0.3) is 0 Å². The van der Waals surface area contributed by atoms with Crippen molar-refractivity contribution < 1.29 is 9.53 Å². The molecule has 0 aromatic heterocycles. The van der Waals surface area contributed by atoms with Crippen LogP contribution < -0.4 is 5.32 Å². The van der Waals surface area contributed by atoms with Crippen LogP contribution in [0.2, 0.25) is 0 Å². The van der Waals surface area contributed by atoms with Crippen molar-refractivity contribution in [1.29, 1.82) is 0 Å². The summed E-state index contributed by atoms with van der Waals surface area (Å²) in [4.78, 5) is 13.9. The first-order chi connectivity index (χ1) is 9.22. The quantitative estimate of drug-likeness (QED) is 0.779. The van der Waals surface area contributed by atoms with Gasteiger partial charge in [-0.15, -0.1) is 0 Å². The second kappa shape index (κ2) is 8.67. The number of rotatable bonds is 8. The van der Waals surface area contributed by atoms with Gasteiger partial charge in [-0.05, 0) is 18.7 Å². The second-order valence-corrected chi connectivity index (χ2v) is 4.38. The zero-order valence-electron chi connectivity index (χ0n) is 12.1. The zero-order chi connectivity index (χ0) is 14.1. The predicted octanol–water partition coefficient (Wildman–Crippen LogP) is 1.83. The lowest BCUT2D eigenvalue weighted by atomic mass is 10.1. The van der Waals surface area contributed by atoms with E-state index in [2.05, 4.69) is 36.2 Å². The Bertz CT molecular complexity index is 364. The maximum Gasteiger partial charge on any atom is 0.246 e. The van der Waals surface area contributed by atoms with Crippen LogP contribution in [0, 0.1) is 0 Å². The Morgan fingerprint density at radius 1 is 1.26 bits per heavy atom. The third-order valence-electron chi connectivity index (χ3n) is 3.21. The lowest BCUT2D eigenvalue weighted by Crippen LogP contribution is -2.39. The first-order valence-electron chi connectivity index (χ1n) is 6.77. The maximum atomic E-state index is 11.5. The molecule has 1 atom stereocenters. The molecule has 0 heterocycles. The summed E-state index contributed by atoms with van der Waals surface area (Å²) in [5, 5.41) is 2.93. The molecule has 0 saturated heterocycles. The van der Waals surface area contributed by atoms with Crippen molar-refractivity contribution in [2.75, 3.05) is 33.4 Å². The molecule has 0 saturated carbocycles. The van der Waals surface area contributed by atoms with Gasteiger partial charge in [-0.1, -0.05) is 44.2 Å². The minimum Gasteiger partial charge on any atom is -0.375 e. The van der Waals surface area contributed by atoms with Crippen molar-refractivity contribution in [3.05, 3.63) is 35.9 Å². The fourth-order valence-electron chi connectivity index (χ4n) is 2.19. The number of nitrogens with one attached hydrogen (secondary N) is 1.